The number of aliphatic hydroxyl groups excluding tert-OH is 1. The molecule has 4 atom stereocenters. The molecule has 0 saturated heterocycles. The average Bonchev–Trinajstić information content (AvgIpc) is 3.31. The van der Waals surface area contributed by atoms with Gasteiger partial charge in [-0.2, -0.15) is 0 Å². The summed E-state index contributed by atoms with van der Waals surface area (Å²) in [6.45, 7) is 27.1. The van der Waals surface area contributed by atoms with Crippen LogP contribution in [0.4, 0.5) is 0 Å². The molecule has 0 aromatic heterocycles. The zero-order chi connectivity index (χ0) is 34.5. The van der Waals surface area contributed by atoms with Gasteiger partial charge in [0.2, 0.25) is 0 Å². The maximum atomic E-state index is 8.46. The highest BCUT2D eigenvalue weighted by Gasteiger charge is 2.32. The van der Waals surface area contributed by atoms with Crippen molar-refractivity contribution >= 4 is 58.8 Å². The molecule has 1 aromatic carbocycles. The summed E-state index contributed by atoms with van der Waals surface area (Å²) in [5, 5.41) is 24.9. The lowest BCUT2D eigenvalue weighted by Gasteiger charge is -2.23. The third-order valence-electron chi connectivity index (χ3n) is 7.25. The average molecular weight is 764 g/mol. The number of aliphatic hydroxyl groups is 1. The Labute approximate surface area is 303 Å². The van der Waals surface area contributed by atoms with E-state index in [1.165, 1.54) is 21.6 Å². The second kappa shape index (κ2) is 25.6. The topological polar surface area (TPSA) is 103 Å². The minimum atomic E-state index is -0.0436. The molecular formula is C39H62IN3O2S. The second-order valence-electron chi connectivity index (χ2n) is 10.5. The van der Waals surface area contributed by atoms with Gasteiger partial charge < -0.3 is 26.4 Å². The van der Waals surface area contributed by atoms with Crippen molar-refractivity contribution in [3.63, 3.8) is 0 Å². The molecule has 2 aliphatic rings. The Morgan fingerprint density at radius 3 is 2.24 bits per heavy atom. The van der Waals surface area contributed by atoms with E-state index in [1.807, 2.05) is 76.8 Å². The Hall–Kier alpha value is -2.46. The number of benzene rings is 1. The first kappa shape index (κ1) is 45.7. The molecule has 5 N–H and O–H groups in total. The smallest absolute Gasteiger partial charge is 0.115 e. The molecule has 1 aliphatic heterocycles. The summed E-state index contributed by atoms with van der Waals surface area (Å²) < 4.78 is 5.15. The number of hydrogen-bond donors (Lipinski definition) is 4. The molecular weight excluding hydrogens is 701 g/mol. The maximum Gasteiger partial charge on any atom is 0.115 e. The van der Waals surface area contributed by atoms with Crippen LogP contribution in [0.5, 0.6) is 0 Å². The van der Waals surface area contributed by atoms with Crippen LogP contribution >= 0.6 is 35.7 Å². The highest BCUT2D eigenvalue weighted by molar-refractivity contribution is 14.0. The molecule has 0 fully saturated rings. The molecule has 0 spiro atoms. The lowest BCUT2D eigenvalue weighted by molar-refractivity contribution is 0.151. The lowest BCUT2D eigenvalue weighted by atomic mass is 9.82. The number of nitrogens with one attached hydrogen (secondary N) is 2. The van der Waals surface area contributed by atoms with Crippen molar-refractivity contribution in [2.45, 2.75) is 86.4 Å². The number of ether oxygens (including phenoxy) is 1. The zero-order valence-corrected chi connectivity index (χ0v) is 32.8. The largest absolute Gasteiger partial charge is 0.492 e. The molecule has 3 rings (SSSR count). The van der Waals surface area contributed by atoms with Gasteiger partial charge in [-0.3, -0.25) is 0 Å². The Morgan fingerprint density at radius 1 is 1.17 bits per heavy atom. The van der Waals surface area contributed by atoms with E-state index in [4.69, 9.17) is 26.4 Å². The van der Waals surface area contributed by atoms with Crippen LogP contribution in [0.25, 0.3) is 11.6 Å². The van der Waals surface area contributed by atoms with Crippen LogP contribution in [0.1, 0.15) is 87.7 Å². The standard InChI is InChI=1S/C27H34N2S.C8H13NO2.2C2H6.HI.H2/c1-8-23-12-14-24(15-13-23)25(27-20(5)21(6)30-22(27)7)16-17(2)19(4)26(29)11-9-10-18(3)28;9-7-1-3-8(4-2-7)11-6-5-10;2*1-2;;/h8-10,12-16,19,22,27-29H,1-2,11H2,3-7H3;1,3-4,7,10H,2,5-6,9H2;2*1-2H3;2*1H/b10-9+,25-16?,28-18?,29-26?;;;;;/t19-,22?,27?;;;;;/m0...../s1. The first-order valence-corrected chi connectivity index (χ1v) is 17.0. The minimum absolute atomic E-state index is 0. The monoisotopic (exact) mass is 763 g/mol. The van der Waals surface area contributed by atoms with E-state index in [9.17, 15) is 0 Å². The van der Waals surface area contributed by atoms with Gasteiger partial charge in [0, 0.05) is 42.4 Å². The van der Waals surface area contributed by atoms with Crippen LogP contribution in [0, 0.1) is 22.7 Å². The Bertz CT molecular complexity index is 1270. The normalized spacial score (nSPS) is 19.2. The van der Waals surface area contributed by atoms with E-state index in [0.717, 1.165) is 23.3 Å². The summed E-state index contributed by atoms with van der Waals surface area (Å²) in [6, 6.07) is 8.66. The molecule has 0 radical (unpaired) electrons. The Kier molecular flexibility index (Phi) is 25.4. The van der Waals surface area contributed by atoms with E-state index in [0.29, 0.717) is 35.6 Å². The molecule has 1 aromatic rings. The SMILES string of the molecule is C=Cc1ccc(C(=CC(=C)[C@H](C)C(=N)C/C=C/C(C)=N)C2C(C)=C(C)SC2C)cc1.CC.CC.I.NC1C=CC(OCCO)=CC1.[HH]. The van der Waals surface area contributed by atoms with Gasteiger partial charge in [0.05, 0.1) is 6.61 Å². The van der Waals surface area contributed by atoms with Crippen molar-refractivity contribution in [3.05, 3.63) is 107 Å². The molecule has 1 aliphatic carbocycles. The van der Waals surface area contributed by atoms with Crippen LogP contribution in [0.15, 0.2) is 95.7 Å². The van der Waals surface area contributed by atoms with Crippen molar-refractivity contribution in [3.8, 4) is 0 Å². The molecule has 7 heteroatoms. The predicted molar refractivity (Wildman–Crippen MR) is 220 cm³/mol. The predicted octanol–water partition coefficient (Wildman–Crippen LogP) is 11.0. The third-order valence-corrected chi connectivity index (χ3v) is 8.57. The van der Waals surface area contributed by atoms with E-state index in [1.54, 1.807) is 13.0 Å². The van der Waals surface area contributed by atoms with Crippen molar-refractivity contribution in [1.29, 1.82) is 10.8 Å². The first-order chi connectivity index (χ1) is 21.5. The van der Waals surface area contributed by atoms with E-state index < -0.39 is 0 Å². The Balaban J connectivity index is -0.000000956. The molecule has 1 heterocycles. The number of allylic oxidation sites excluding steroid dienone is 8. The number of rotatable bonds is 12. The molecule has 0 bridgehead atoms. The number of halogens is 1. The van der Waals surface area contributed by atoms with Crippen LogP contribution in [0.2, 0.25) is 0 Å². The Morgan fingerprint density at radius 2 is 1.78 bits per heavy atom. The van der Waals surface area contributed by atoms with E-state index in [2.05, 4.69) is 64.3 Å². The lowest BCUT2D eigenvalue weighted by Crippen LogP contribution is -2.18. The van der Waals surface area contributed by atoms with Crippen LogP contribution in [0.3, 0.4) is 0 Å². The molecule has 5 nitrogen and oxygen atoms in total. The van der Waals surface area contributed by atoms with Gasteiger partial charge >= 0.3 is 0 Å². The molecule has 0 amide bonds. The third kappa shape index (κ3) is 15.9. The molecule has 46 heavy (non-hydrogen) atoms. The number of nitrogens with two attached hydrogens (primary N) is 1. The van der Waals surface area contributed by atoms with Crippen LogP contribution < -0.4 is 5.73 Å². The van der Waals surface area contributed by atoms with Crippen LogP contribution in [-0.2, 0) is 4.74 Å². The summed E-state index contributed by atoms with van der Waals surface area (Å²) >= 11 is 1.94. The van der Waals surface area contributed by atoms with Crippen molar-refractivity contribution < 1.29 is 11.3 Å². The summed E-state index contributed by atoms with van der Waals surface area (Å²) in [4.78, 5) is 1.40. The minimum Gasteiger partial charge on any atom is -0.492 e. The van der Waals surface area contributed by atoms with Gasteiger partial charge in [-0.1, -0.05) is 109 Å². The van der Waals surface area contributed by atoms with Gasteiger partial charge in [-0.05, 0) is 72.6 Å². The first-order valence-electron chi connectivity index (χ1n) is 16.1. The van der Waals surface area contributed by atoms with E-state index >= 15 is 0 Å². The summed E-state index contributed by atoms with van der Waals surface area (Å²) in [6.07, 6.45) is 14.7. The van der Waals surface area contributed by atoms with Gasteiger partial charge in [-0.15, -0.1) is 35.7 Å². The van der Waals surface area contributed by atoms with Gasteiger partial charge in [0.15, 0.2) is 0 Å². The van der Waals surface area contributed by atoms with Crippen molar-refractivity contribution in [2.24, 2.45) is 17.6 Å². The maximum absolute atomic E-state index is 8.46. The van der Waals surface area contributed by atoms with Gasteiger partial charge in [0.1, 0.15) is 12.4 Å². The number of thioether (sulfide) groups is 1. The highest BCUT2D eigenvalue weighted by Crippen LogP contribution is 2.48. The molecule has 0 saturated carbocycles. The van der Waals surface area contributed by atoms with Gasteiger partial charge in [-0.25, -0.2) is 0 Å². The van der Waals surface area contributed by atoms with Crippen LogP contribution in [-0.4, -0.2) is 41.0 Å². The van der Waals surface area contributed by atoms with Gasteiger partial charge in [0.25, 0.3) is 0 Å². The highest BCUT2D eigenvalue weighted by atomic mass is 127. The fraction of sp³-hybridized carbons (Fsp3) is 0.436. The van der Waals surface area contributed by atoms with Crippen molar-refractivity contribution in [2.75, 3.05) is 13.2 Å². The second-order valence-corrected chi connectivity index (χ2v) is 12.1. The summed E-state index contributed by atoms with van der Waals surface area (Å²) in [5.41, 5.74) is 12.7. The summed E-state index contributed by atoms with van der Waals surface area (Å²) in [7, 11) is 0. The van der Waals surface area contributed by atoms with Crippen molar-refractivity contribution in [1.82, 2.24) is 0 Å². The fourth-order valence-corrected chi connectivity index (χ4v) is 5.99. The molecule has 3 unspecified atom stereocenters. The number of hydrogen-bond acceptors (Lipinski definition) is 6. The fourth-order valence-electron chi connectivity index (χ4n) is 4.64. The quantitative estimate of drug-likeness (QED) is 0.0967. The zero-order valence-electron chi connectivity index (χ0n) is 29.7. The molecule has 258 valence electrons. The summed E-state index contributed by atoms with van der Waals surface area (Å²) in [5.74, 6) is 1.10. The van der Waals surface area contributed by atoms with E-state index in [-0.39, 0.29) is 44.0 Å².